The number of amides is 1. The predicted octanol–water partition coefficient (Wildman–Crippen LogP) is 3.20. The van der Waals surface area contributed by atoms with Gasteiger partial charge in [-0.05, 0) is 31.0 Å². The number of carbonyl (C=O) groups excluding carboxylic acids is 1. The van der Waals surface area contributed by atoms with Crippen LogP contribution in [0.4, 0.5) is 5.82 Å². The Morgan fingerprint density at radius 1 is 1.30 bits per heavy atom. The molecular formula is C17H23N3O3. The van der Waals surface area contributed by atoms with Crippen LogP contribution in [0, 0.1) is 5.92 Å². The second-order valence-electron chi connectivity index (χ2n) is 5.55. The lowest BCUT2D eigenvalue weighted by Crippen LogP contribution is -2.17. The Balaban J connectivity index is 2.16. The summed E-state index contributed by atoms with van der Waals surface area (Å²) in [6.45, 7) is 7.39. The highest BCUT2D eigenvalue weighted by Crippen LogP contribution is 2.28. The Hall–Kier alpha value is -2.50. The van der Waals surface area contributed by atoms with Crippen molar-refractivity contribution in [2.45, 2.75) is 27.3 Å². The summed E-state index contributed by atoms with van der Waals surface area (Å²) in [6.07, 6.45) is 1.68. The van der Waals surface area contributed by atoms with Crippen molar-refractivity contribution in [1.82, 2.24) is 9.78 Å². The number of ether oxygens (including phenoxy) is 2. The summed E-state index contributed by atoms with van der Waals surface area (Å²) in [4.78, 5) is 12.4. The summed E-state index contributed by atoms with van der Waals surface area (Å²) in [5.41, 5.74) is 0.502. The van der Waals surface area contributed by atoms with Gasteiger partial charge in [0.25, 0.3) is 5.91 Å². The first kappa shape index (κ1) is 16.9. The molecule has 6 nitrogen and oxygen atoms in total. The maximum Gasteiger partial charge on any atom is 0.256 e. The summed E-state index contributed by atoms with van der Waals surface area (Å²) in [6, 6.07) is 6.91. The van der Waals surface area contributed by atoms with Gasteiger partial charge in [0.15, 0.2) is 11.5 Å². The van der Waals surface area contributed by atoms with E-state index in [9.17, 15) is 4.79 Å². The normalized spacial score (nSPS) is 10.7. The summed E-state index contributed by atoms with van der Waals surface area (Å²) in [5.74, 6) is 2.07. The monoisotopic (exact) mass is 317 g/mol. The van der Waals surface area contributed by atoms with E-state index >= 15 is 0 Å². The fourth-order valence-electron chi connectivity index (χ4n) is 2.20. The number of hydrogen-bond acceptors (Lipinski definition) is 4. The Kier molecular flexibility index (Phi) is 5.62. The van der Waals surface area contributed by atoms with E-state index in [0.29, 0.717) is 35.4 Å². The number of carbonyl (C=O) groups is 1. The molecule has 0 aliphatic rings. The van der Waals surface area contributed by atoms with Crippen LogP contribution in [0.25, 0.3) is 0 Å². The molecule has 6 heteroatoms. The van der Waals surface area contributed by atoms with Crippen LogP contribution >= 0.6 is 0 Å². The van der Waals surface area contributed by atoms with Crippen LogP contribution in [-0.4, -0.2) is 29.4 Å². The van der Waals surface area contributed by atoms with Crippen LogP contribution in [0.3, 0.4) is 0 Å². The van der Waals surface area contributed by atoms with Gasteiger partial charge >= 0.3 is 0 Å². The van der Waals surface area contributed by atoms with Gasteiger partial charge in [-0.2, -0.15) is 5.10 Å². The fourth-order valence-corrected chi connectivity index (χ4v) is 2.20. The minimum absolute atomic E-state index is 0.211. The Labute approximate surface area is 136 Å². The largest absolute Gasteiger partial charge is 0.493 e. The third-order valence-corrected chi connectivity index (χ3v) is 3.22. The van der Waals surface area contributed by atoms with Gasteiger partial charge in [-0.15, -0.1) is 0 Å². The number of nitrogens with zero attached hydrogens (tertiary/aromatic N) is 2. The molecule has 0 atom stereocenters. The molecule has 124 valence electrons. The van der Waals surface area contributed by atoms with Crippen LogP contribution < -0.4 is 14.8 Å². The molecule has 0 saturated carbocycles. The molecule has 0 spiro atoms. The molecule has 2 aromatic rings. The average Bonchev–Trinajstić information content (AvgIpc) is 2.94. The average molecular weight is 317 g/mol. The zero-order chi connectivity index (χ0) is 16.8. The molecule has 0 fully saturated rings. The lowest BCUT2D eigenvalue weighted by atomic mass is 10.2. The molecular weight excluding hydrogens is 294 g/mol. The van der Waals surface area contributed by atoms with Crippen LogP contribution in [0.2, 0.25) is 0 Å². The Morgan fingerprint density at radius 3 is 2.74 bits per heavy atom. The van der Waals surface area contributed by atoms with Crippen molar-refractivity contribution < 1.29 is 14.3 Å². The van der Waals surface area contributed by atoms with Gasteiger partial charge in [0, 0.05) is 18.2 Å². The summed E-state index contributed by atoms with van der Waals surface area (Å²) in [5, 5.41) is 7.11. The fraction of sp³-hybridized carbons (Fsp3) is 0.412. The molecule has 0 saturated heterocycles. The lowest BCUT2D eigenvalue weighted by molar-refractivity contribution is 0.102. The zero-order valence-electron chi connectivity index (χ0n) is 14.0. The highest BCUT2D eigenvalue weighted by Gasteiger charge is 2.13. The van der Waals surface area contributed by atoms with Crippen molar-refractivity contribution >= 4 is 11.7 Å². The van der Waals surface area contributed by atoms with Crippen molar-refractivity contribution in [3.63, 3.8) is 0 Å². The number of aromatic nitrogens is 2. The van der Waals surface area contributed by atoms with Crippen molar-refractivity contribution in [3.8, 4) is 11.5 Å². The Bertz CT molecular complexity index is 665. The second-order valence-corrected chi connectivity index (χ2v) is 5.55. The molecule has 2 rings (SSSR count). The molecule has 1 heterocycles. The lowest BCUT2D eigenvalue weighted by Gasteiger charge is -2.13. The topological polar surface area (TPSA) is 65.4 Å². The van der Waals surface area contributed by atoms with Crippen LogP contribution in [-0.2, 0) is 6.54 Å². The molecule has 0 bridgehead atoms. The van der Waals surface area contributed by atoms with Gasteiger partial charge < -0.3 is 14.8 Å². The van der Waals surface area contributed by atoms with E-state index in [1.807, 2.05) is 6.92 Å². The third kappa shape index (κ3) is 4.25. The number of nitrogens with one attached hydrogen (secondary N) is 1. The van der Waals surface area contributed by atoms with Gasteiger partial charge in [0.2, 0.25) is 0 Å². The van der Waals surface area contributed by atoms with Gasteiger partial charge in [0.05, 0.1) is 19.9 Å². The van der Waals surface area contributed by atoms with E-state index in [0.717, 1.165) is 6.54 Å². The van der Waals surface area contributed by atoms with Crippen molar-refractivity contribution in [3.05, 3.63) is 36.0 Å². The number of hydrogen-bond donors (Lipinski definition) is 1. The molecule has 0 aliphatic heterocycles. The van der Waals surface area contributed by atoms with E-state index in [-0.39, 0.29) is 5.91 Å². The molecule has 0 radical (unpaired) electrons. The van der Waals surface area contributed by atoms with Crippen molar-refractivity contribution in [1.29, 1.82) is 0 Å². The number of rotatable bonds is 7. The van der Waals surface area contributed by atoms with Crippen LogP contribution in [0.1, 0.15) is 31.1 Å². The van der Waals surface area contributed by atoms with Gasteiger partial charge in [-0.1, -0.05) is 13.8 Å². The first-order chi connectivity index (χ1) is 11.0. The maximum atomic E-state index is 12.4. The number of anilines is 1. The first-order valence-corrected chi connectivity index (χ1v) is 7.69. The standard InChI is InChI=1S/C17H23N3O3/c1-5-23-14-7-6-13(10-15(14)22-4)17(21)19-16-8-9-18-20(16)11-12(2)3/h6-10,12H,5,11H2,1-4H3,(H,19,21). The first-order valence-electron chi connectivity index (χ1n) is 7.69. The predicted molar refractivity (Wildman–Crippen MR) is 89.2 cm³/mol. The molecule has 23 heavy (non-hydrogen) atoms. The molecule has 0 aliphatic carbocycles. The van der Waals surface area contributed by atoms with E-state index in [1.165, 1.54) is 0 Å². The van der Waals surface area contributed by atoms with E-state index in [1.54, 1.807) is 42.3 Å². The maximum absolute atomic E-state index is 12.4. The molecule has 1 aromatic carbocycles. The Morgan fingerprint density at radius 2 is 2.09 bits per heavy atom. The quantitative estimate of drug-likeness (QED) is 0.851. The third-order valence-electron chi connectivity index (χ3n) is 3.22. The molecule has 0 unspecified atom stereocenters. The summed E-state index contributed by atoms with van der Waals surface area (Å²) in [7, 11) is 1.55. The van der Waals surface area contributed by atoms with Gasteiger partial charge in [-0.25, -0.2) is 4.68 Å². The van der Waals surface area contributed by atoms with E-state index < -0.39 is 0 Å². The smallest absolute Gasteiger partial charge is 0.256 e. The van der Waals surface area contributed by atoms with E-state index in [2.05, 4.69) is 24.3 Å². The summed E-state index contributed by atoms with van der Waals surface area (Å²) >= 11 is 0. The molecule has 1 amide bonds. The SMILES string of the molecule is CCOc1ccc(C(=O)Nc2ccnn2CC(C)C)cc1OC. The van der Waals surface area contributed by atoms with Crippen molar-refractivity contribution in [2.75, 3.05) is 19.0 Å². The highest BCUT2D eigenvalue weighted by molar-refractivity contribution is 6.04. The van der Waals surface area contributed by atoms with Gasteiger partial charge in [-0.3, -0.25) is 4.79 Å². The number of benzene rings is 1. The molecule has 1 aromatic heterocycles. The van der Waals surface area contributed by atoms with Crippen LogP contribution in [0.15, 0.2) is 30.5 Å². The van der Waals surface area contributed by atoms with Gasteiger partial charge in [0.1, 0.15) is 5.82 Å². The van der Waals surface area contributed by atoms with Crippen LogP contribution in [0.5, 0.6) is 11.5 Å². The zero-order valence-corrected chi connectivity index (χ0v) is 14.0. The second kappa shape index (κ2) is 7.67. The molecule has 1 N–H and O–H groups in total. The minimum Gasteiger partial charge on any atom is -0.493 e. The summed E-state index contributed by atoms with van der Waals surface area (Å²) < 4.78 is 12.5. The van der Waals surface area contributed by atoms with E-state index in [4.69, 9.17) is 9.47 Å². The van der Waals surface area contributed by atoms with Crippen molar-refractivity contribution in [2.24, 2.45) is 5.92 Å². The highest BCUT2D eigenvalue weighted by atomic mass is 16.5. The minimum atomic E-state index is -0.211. The number of methoxy groups -OCH3 is 1.